The number of hydrogen-bond acceptors (Lipinski definition) is 12. The van der Waals surface area contributed by atoms with Crippen LogP contribution >= 0.6 is 23.1 Å². The lowest BCUT2D eigenvalue weighted by Crippen LogP contribution is -2.63. The molecule has 1 amide bonds. The van der Waals surface area contributed by atoms with E-state index in [1.165, 1.54) is 36.1 Å². The normalized spacial score (nSPS) is 29.3. The average Bonchev–Trinajstić information content (AvgIpc) is 3.49. The monoisotopic (exact) mass is 560 g/mol. The second kappa shape index (κ2) is 10.3. The largest absolute Gasteiger partial charge is 0.477 e. The molecule has 6 N–H and O–H groups in total. The summed E-state index contributed by atoms with van der Waals surface area (Å²) in [7, 11) is -2.81. The number of β-lactam (4-membered cyclic amide) rings is 1. The molecule has 16 heteroatoms. The minimum atomic E-state index is -4.05. The number of sulfonamides is 1. The van der Waals surface area contributed by atoms with Gasteiger partial charge in [0.2, 0.25) is 11.0 Å². The zero-order valence-corrected chi connectivity index (χ0v) is 22.2. The van der Waals surface area contributed by atoms with Gasteiger partial charge in [-0.15, -0.1) is 23.1 Å². The molecule has 1 aromatic rings. The third-order valence-corrected chi connectivity index (χ3v) is 10.0. The van der Waals surface area contributed by atoms with Crippen LogP contribution in [0.1, 0.15) is 26.0 Å². The fourth-order valence-electron chi connectivity index (χ4n) is 4.87. The number of carbonyl (C=O) groups excluding carboxylic acids is 1. The molecule has 0 bridgehead atoms. The third kappa shape index (κ3) is 4.84. The second-order valence-corrected chi connectivity index (χ2v) is 12.8. The second-order valence-electron chi connectivity index (χ2n) is 8.85. The van der Waals surface area contributed by atoms with Crippen molar-refractivity contribution in [3.05, 3.63) is 21.7 Å². The predicted molar refractivity (Wildman–Crippen MR) is 134 cm³/mol. The number of carboxylic acid groups (broad SMARTS) is 1. The number of aliphatic hydroxyl groups is 1. The van der Waals surface area contributed by atoms with Crippen LogP contribution in [0.5, 0.6) is 0 Å². The summed E-state index contributed by atoms with van der Waals surface area (Å²) in [5.74, 6) is -2.39. The number of anilines is 1. The molecule has 198 valence electrons. The smallest absolute Gasteiger partial charge is 0.353 e. The van der Waals surface area contributed by atoms with Crippen LogP contribution in [0.2, 0.25) is 0 Å². The van der Waals surface area contributed by atoms with Gasteiger partial charge in [-0.25, -0.2) is 22.9 Å². The molecule has 4 heterocycles. The van der Waals surface area contributed by atoms with Crippen LogP contribution in [0.15, 0.2) is 21.1 Å². The first-order valence-corrected chi connectivity index (χ1v) is 14.4. The summed E-state index contributed by atoms with van der Waals surface area (Å²) in [5.41, 5.74) is 5.67. The molecule has 13 nitrogen and oxygen atoms in total. The molecular weight excluding hydrogens is 532 g/mol. The van der Waals surface area contributed by atoms with Crippen LogP contribution in [-0.4, -0.2) is 89.1 Å². The van der Waals surface area contributed by atoms with Crippen molar-refractivity contribution in [2.24, 2.45) is 17.0 Å². The number of fused-ring (bicyclic) bond motifs is 1. The Balaban J connectivity index is 1.40. The van der Waals surface area contributed by atoms with Gasteiger partial charge < -0.3 is 31.0 Å². The van der Waals surface area contributed by atoms with Crippen LogP contribution in [-0.2, 0) is 24.4 Å². The molecule has 36 heavy (non-hydrogen) atoms. The van der Waals surface area contributed by atoms with Gasteiger partial charge in [0.25, 0.3) is 10.0 Å². The fourth-order valence-corrected chi connectivity index (χ4v) is 8.12. The van der Waals surface area contributed by atoms with E-state index in [0.717, 1.165) is 11.3 Å². The molecule has 2 saturated heterocycles. The van der Waals surface area contributed by atoms with Gasteiger partial charge in [-0.2, -0.15) is 0 Å². The zero-order chi connectivity index (χ0) is 26.4. The Morgan fingerprint density at radius 2 is 2.25 bits per heavy atom. The SMILES string of the molecule is CO/N=C(\c1csc(N)n1)S(=O)(=O)NC[C@@H]1C[C@H](SC2=C(C(=O)O)N3C(=O)[C@H]([C@@H](C)O)[C@H]3C2C)CN1. The molecule has 0 radical (unpaired) electrons. The van der Waals surface area contributed by atoms with Gasteiger partial charge in [0, 0.05) is 40.6 Å². The number of nitrogens with one attached hydrogen (secondary N) is 2. The molecule has 0 aromatic carbocycles. The number of amides is 1. The molecule has 2 fully saturated rings. The number of aliphatic hydroxyl groups excluding tert-OH is 1. The van der Waals surface area contributed by atoms with Crippen molar-refractivity contribution in [3.8, 4) is 0 Å². The van der Waals surface area contributed by atoms with E-state index in [9.17, 15) is 28.2 Å². The highest BCUT2D eigenvalue weighted by Crippen LogP contribution is 2.51. The first kappa shape index (κ1) is 26.8. The van der Waals surface area contributed by atoms with Crippen LogP contribution in [0, 0.1) is 11.8 Å². The number of rotatable bonds is 9. The van der Waals surface area contributed by atoms with Crippen molar-refractivity contribution < 1.29 is 33.1 Å². The molecule has 0 aliphatic carbocycles. The number of carbonyl (C=O) groups is 2. The summed E-state index contributed by atoms with van der Waals surface area (Å²) >= 11 is 2.47. The predicted octanol–water partition coefficient (Wildman–Crippen LogP) is -0.430. The number of thiazole rings is 1. The van der Waals surface area contributed by atoms with Gasteiger partial charge in [0.1, 0.15) is 18.5 Å². The van der Waals surface area contributed by atoms with Gasteiger partial charge >= 0.3 is 5.97 Å². The van der Waals surface area contributed by atoms with Gasteiger partial charge in [0.05, 0.1) is 18.1 Å². The Kier molecular flexibility index (Phi) is 7.64. The number of aromatic nitrogens is 1. The molecule has 6 atom stereocenters. The van der Waals surface area contributed by atoms with E-state index >= 15 is 0 Å². The Bertz CT molecular complexity index is 1210. The summed E-state index contributed by atoms with van der Waals surface area (Å²) in [5, 5.41) is 27.9. The summed E-state index contributed by atoms with van der Waals surface area (Å²) in [6.07, 6.45) is -0.298. The van der Waals surface area contributed by atoms with Crippen molar-refractivity contribution in [1.29, 1.82) is 0 Å². The number of nitrogens with two attached hydrogens (primary N) is 1. The van der Waals surface area contributed by atoms with E-state index in [0.29, 0.717) is 17.9 Å². The third-order valence-electron chi connectivity index (χ3n) is 6.48. The van der Waals surface area contributed by atoms with Crippen LogP contribution < -0.4 is 15.8 Å². The molecule has 4 rings (SSSR count). The first-order chi connectivity index (χ1) is 17.0. The van der Waals surface area contributed by atoms with Gasteiger partial charge in [0.15, 0.2) is 5.13 Å². The van der Waals surface area contributed by atoms with Crippen molar-refractivity contribution in [2.75, 3.05) is 25.9 Å². The fraction of sp³-hybridized carbons (Fsp3) is 0.600. The molecular formula is C20H28N6O7S3. The summed E-state index contributed by atoms with van der Waals surface area (Å²) in [4.78, 5) is 35.1. The Morgan fingerprint density at radius 3 is 2.83 bits per heavy atom. The van der Waals surface area contributed by atoms with Crippen LogP contribution in [0.4, 0.5) is 5.13 Å². The quantitative estimate of drug-likeness (QED) is 0.114. The van der Waals surface area contributed by atoms with Crippen molar-refractivity contribution >= 4 is 55.2 Å². The summed E-state index contributed by atoms with van der Waals surface area (Å²) in [6.45, 7) is 4.00. The van der Waals surface area contributed by atoms with Crippen LogP contribution in [0.3, 0.4) is 0 Å². The highest BCUT2D eigenvalue weighted by molar-refractivity contribution is 8.05. The van der Waals surface area contributed by atoms with Crippen LogP contribution in [0.25, 0.3) is 0 Å². The van der Waals surface area contributed by atoms with Crippen molar-refractivity contribution in [2.45, 2.75) is 43.7 Å². The molecule has 0 saturated carbocycles. The summed E-state index contributed by atoms with van der Waals surface area (Å²) in [6, 6.07) is -0.586. The molecule has 1 unspecified atom stereocenters. The van der Waals surface area contributed by atoms with E-state index in [4.69, 9.17) is 5.73 Å². The number of carboxylic acids is 1. The molecule has 3 aliphatic heterocycles. The van der Waals surface area contributed by atoms with Gasteiger partial charge in [-0.1, -0.05) is 12.1 Å². The minimum Gasteiger partial charge on any atom is -0.477 e. The van der Waals surface area contributed by atoms with E-state index in [2.05, 4.69) is 25.0 Å². The highest BCUT2D eigenvalue weighted by atomic mass is 32.2. The highest BCUT2D eigenvalue weighted by Gasteiger charge is 2.60. The van der Waals surface area contributed by atoms with Crippen molar-refractivity contribution in [1.82, 2.24) is 19.9 Å². The molecule has 1 aromatic heterocycles. The minimum absolute atomic E-state index is 0.0218. The number of aliphatic carboxylic acids is 1. The Morgan fingerprint density at radius 1 is 1.53 bits per heavy atom. The van der Waals surface area contributed by atoms with E-state index < -0.39 is 28.0 Å². The average molecular weight is 561 g/mol. The first-order valence-electron chi connectivity index (χ1n) is 11.2. The Labute approximate surface area is 216 Å². The lowest BCUT2D eigenvalue weighted by atomic mass is 9.79. The maximum Gasteiger partial charge on any atom is 0.353 e. The number of nitrogen functional groups attached to an aromatic ring is 1. The zero-order valence-electron chi connectivity index (χ0n) is 19.7. The molecule has 0 spiro atoms. The number of nitrogens with zero attached hydrogens (tertiary/aromatic N) is 3. The maximum atomic E-state index is 12.8. The topological polar surface area (TPSA) is 197 Å². The lowest BCUT2D eigenvalue weighted by molar-refractivity contribution is -0.163. The maximum absolute atomic E-state index is 12.8. The number of thioether (sulfide) groups is 1. The number of hydrogen-bond donors (Lipinski definition) is 5. The standard InChI is InChI=1S/C20H28N6O7S3/c1-8-14-13(9(2)27)18(28)26(14)15(19(29)30)16(8)35-11-4-10(22-6-11)5-23-36(31,32)17(25-33-3)12-7-34-20(21)24-12/h7-11,13-14,22-23,27H,4-6H2,1-3H3,(H2,21,24)(H,29,30)/b25-17+/t8?,9-,10+,11+,13-,14-/m1/s1. The van der Waals surface area contributed by atoms with E-state index in [1.807, 2.05) is 6.92 Å². The number of oxime groups is 1. The van der Waals surface area contributed by atoms with Gasteiger partial charge in [-0.05, 0) is 13.3 Å². The summed E-state index contributed by atoms with van der Waals surface area (Å²) < 4.78 is 28.2. The van der Waals surface area contributed by atoms with Crippen molar-refractivity contribution in [3.63, 3.8) is 0 Å². The van der Waals surface area contributed by atoms with E-state index in [1.54, 1.807) is 0 Å². The lowest BCUT2D eigenvalue weighted by Gasteiger charge is -2.46. The van der Waals surface area contributed by atoms with Gasteiger partial charge in [-0.3, -0.25) is 4.79 Å². The van der Waals surface area contributed by atoms with E-state index in [-0.39, 0.29) is 57.3 Å². The Hall–Kier alpha value is -2.24. The molecule has 3 aliphatic rings.